The number of unbranched alkanes of at least 4 members (excludes halogenated alkanes) is 2. The van der Waals surface area contributed by atoms with E-state index in [0.29, 0.717) is 19.3 Å². The summed E-state index contributed by atoms with van der Waals surface area (Å²) in [5.74, 6) is 0.126. The summed E-state index contributed by atoms with van der Waals surface area (Å²) >= 11 is 0. The van der Waals surface area contributed by atoms with Crippen molar-refractivity contribution in [3.8, 4) is 0 Å². The van der Waals surface area contributed by atoms with Gasteiger partial charge in [-0.25, -0.2) is 0 Å². The second-order valence-corrected chi connectivity index (χ2v) is 10.6. The van der Waals surface area contributed by atoms with Crippen LogP contribution < -0.4 is 0 Å². The van der Waals surface area contributed by atoms with E-state index in [1.807, 2.05) is 55.5 Å². The van der Waals surface area contributed by atoms with Gasteiger partial charge >= 0.3 is 5.97 Å². The van der Waals surface area contributed by atoms with E-state index in [4.69, 9.17) is 4.74 Å². The molecule has 5 nitrogen and oxygen atoms in total. The fourth-order valence-corrected chi connectivity index (χ4v) is 5.39. The zero-order valence-electron chi connectivity index (χ0n) is 21.7. The summed E-state index contributed by atoms with van der Waals surface area (Å²) < 4.78 is 5.45. The summed E-state index contributed by atoms with van der Waals surface area (Å²) in [6.45, 7) is 4.16. The van der Waals surface area contributed by atoms with E-state index < -0.39 is 11.5 Å². The molecule has 2 aromatic rings. The van der Waals surface area contributed by atoms with E-state index >= 15 is 0 Å². The van der Waals surface area contributed by atoms with E-state index in [0.717, 1.165) is 50.4 Å². The lowest BCUT2D eigenvalue weighted by molar-refractivity contribution is -0.177. The van der Waals surface area contributed by atoms with Gasteiger partial charge in [0.15, 0.2) is 0 Å². The summed E-state index contributed by atoms with van der Waals surface area (Å²) in [6.07, 6.45) is 6.45. The molecule has 3 rings (SSSR count). The molecule has 4 atom stereocenters. The normalized spacial score (nSPS) is 19.3. The standard InChI is InChI=1S/C31H40O5/c1-30(27(34)19-22-32,24-13-5-3-6-14-24)20-11-9-17-26(33)18-10-12-21-31(2,28-23-29(35)36-28)25-15-7-4-8-16-25/h3-8,13-16,22,27-28,34H,9-12,17-21,23H2,1-2H3. The maximum Gasteiger partial charge on any atom is 0.309 e. The van der Waals surface area contributed by atoms with E-state index in [-0.39, 0.29) is 29.7 Å². The number of ether oxygens (including phenoxy) is 1. The van der Waals surface area contributed by atoms with Crippen LogP contribution in [0.5, 0.6) is 0 Å². The summed E-state index contributed by atoms with van der Waals surface area (Å²) in [5.41, 5.74) is 1.44. The number of aldehydes is 1. The van der Waals surface area contributed by atoms with Crippen molar-refractivity contribution in [3.63, 3.8) is 0 Å². The lowest BCUT2D eigenvalue weighted by atomic mass is 9.71. The number of cyclic esters (lactones) is 1. The van der Waals surface area contributed by atoms with Gasteiger partial charge in [0.1, 0.15) is 18.2 Å². The summed E-state index contributed by atoms with van der Waals surface area (Å²) in [7, 11) is 0. The van der Waals surface area contributed by atoms with Crippen LogP contribution in [0, 0.1) is 0 Å². The molecule has 0 aromatic heterocycles. The number of hydrogen-bond donors (Lipinski definition) is 1. The van der Waals surface area contributed by atoms with Crippen molar-refractivity contribution in [3.05, 3.63) is 71.8 Å². The smallest absolute Gasteiger partial charge is 0.309 e. The minimum atomic E-state index is -0.748. The van der Waals surface area contributed by atoms with Crippen molar-refractivity contribution < 1.29 is 24.2 Å². The van der Waals surface area contributed by atoms with E-state index in [2.05, 4.69) is 19.1 Å². The first-order chi connectivity index (χ1) is 17.3. The molecule has 1 N–H and O–H groups in total. The molecule has 36 heavy (non-hydrogen) atoms. The molecule has 0 radical (unpaired) electrons. The van der Waals surface area contributed by atoms with Gasteiger partial charge < -0.3 is 14.6 Å². The second kappa shape index (κ2) is 13.0. The minimum absolute atomic E-state index is 0.100. The number of rotatable bonds is 16. The molecule has 0 bridgehead atoms. The van der Waals surface area contributed by atoms with Crippen LogP contribution in [0.4, 0.5) is 0 Å². The third kappa shape index (κ3) is 6.91. The Balaban J connectivity index is 1.43. The van der Waals surface area contributed by atoms with Gasteiger partial charge in [-0.2, -0.15) is 0 Å². The monoisotopic (exact) mass is 492 g/mol. The van der Waals surface area contributed by atoms with E-state index in [1.165, 1.54) is 5.56 Å². The van der Waals surface area contributed by atoms with Crippen molar-refractivity contribution in [2.45, 2.75) is 101 Å². The minimum Gasteiger partial charge on any atom is -0.461 e. The van der Waals surface area contributed by atoms with Crippen molar-refractivity contribution in [1.29, 1.82) is 0 Å². The Labute approximate surface area is 215 Å². The molecular weight excluding hydrogens is 452 g/mol. The first kappa shape index (κ1) is 27.8. The number of ketones is 1. The first-order valence-electron chi connectivity index (χ1n) is 13.2. The number of hydrogen-bond acceptors (Lipinski definition) is 5. The van der Waals surface area contributed by atoms with Gasteiger partial charge in [0.05, 0.1) is 12.5 Å². The Morgan fingerprint density at radius 3 is 2.00 bits per heavy atom. The SMILES string of the molecule is CC(CCCCC(=O)CCCCC(C)(c1ccccc1)C1CC(=O)O1)(c1ccccc1)C(O)CC=O. The van der Waals surface area contributed by atoms with Crippen LogP contribution in [0.15, 0.2) is 60.7 Å². The van der Waals surface area contributed by atoms with Crippen molar-refractivity contribution in [1.82, 2.24) is 0 Å². The molecular formula is C31H40O5. The van der Waals surface area contributed by atoms with Gasteiger partial charge in [0.25, 0.3) is 0 Å². The third-order valence-electron chi connectivity index (χ3n) is 8.06. The van der Waals surface area contributed by atoms with Crippen LogP contribution in [0.3, 0.4) is 0 Å². The van der Waals surface area contributed by atoms with E-state index in [1.54, 1.807) is 0 Å². The molecule has 0 aliphatic carbocycles. The predicted octanol–water partition coefficient (Wildman–Crippen LogP) is 5.86. The molecule has 1 saturated heterocycles. The van der Waals surface area contributed by atoms with Gasteiger partial charge in [-0.3, -0.25) is 9.59 Å². The highest BCUT2D eigenvalue weighted by molar-refractivity contribution is 5.78. The van der Waals surface area contributed by atoms with Gasteiger partial charge in [0, 0.05) is 30.1 Å². The molecule has 0 amide bonds. The average Bonchev–Trinajstić information content (AvgIpc) is 2.88. The van der Waals surface area contributed by atoms with Gasteiger partial charge in [-0.1, -0.05) is 87.4 Å². The number of aliphatic hydroxyl groups is 1. The summed E-state index contributed by atoms with van der Waals surface area (Å²) in [6, 6.07) is 20.0. The highest BCUT2D eigenvalue weighted by Crippen LogP contribution is 2.40. The highest BCUT2D eigenvalue weighted by Gasteiger charge is 2.45. The fraction of sp³-hybridized carbons (Fsp3) is 0.516. The third-order valence-corrected chi connectivity index (χ3v) is 8.06. The number of aliphatic hydroxyl groups excluding tert-OH is 1. The molecule has 1 aliphatic heterocycles. The summed E-state index contributed by atoms with van der Waals surface area (Å²) in [4.78, 5) is 35.0. The van der Waals surface area contributed by atoms with Crippen LogP contribution in [-0.4, -0.2) is 35.4 Å². The predicted molar refractivity (Wildman–Crippen MR) is 141 cm³/mol. The quantitative estimate of drug-likeness (QED) is 0.180. The zero-order valence-corrected chi connectivity index (χ0v) is 21.7. The van der Waals surface area contributed by atoms with Crippen LogP contribution in [-0.2, 0) is 30.0 Å². The molecule has 194 valence electrons. The molecule has 5 heteroatoms. The first-order valence-corrected chi connectivity index (χ1v) is 13.2. The van der Waals surface area contributed by atoms with Crippen molar-refractivity contribution in [2.24, 2.45) is 0 Å². The number of carbonyl (C=O) groups excluding carboxylic acids is 3. The zero-order chi connectivity index (χ0) is 26.0. The highest BCUT2D eigenvalue weighted by atomic mass is 16.6. The Morgan fingerprint density at radius 1 is 0.944 bits per heavy atom. The molecule has 0 spiro atoms. The molecule has 1 aliphatic rings. The van der Waals surface area contributed by atoms with Crippen LogP contribution in [0.25, 0.3) is 0 Å². The summed E-state index contributed by atoms with van der Waals surface area (Å²) in [5, 5.41) is 10.7. The molecule has 2 aromatic carbocycles. The van der Waals surface area contributed by atoms with Gasteiger partial charge in [-0.05, 0) is 36.8 Å². The lowest BCUT2D eigenvalue weighted by Gasteiger charge is -2.42. The maximum absolute atomic E-state index is 12.5. The Bertz CT molecular complexity index is 916. The Morgan fingerprint density at radius 2 is 1.47 bits per heavy atom. The Kier molecular flexibility index (Phi) is 10.0. The topological polar surface area (TPSA) is 80.7 Å². The van der Waals surface area contributed by atoms with Gasteiger partial charge in [0.2, 0.25) is 0 Å². The number of benzene rings is 2. The van der Waals surface area contributed by atoms with Crippen LogP contribution in [0.1, 0.15) is 89.2 Å². The van der Waals surface area contributed by atoms with Crippen LogP contribution in [0.2, 0.25) is 0 Å². The maximum atomic E-state index is 12.5. The number of carbonyl (C=O) groups is 3. The lowest BCUT2D eigenvalue weighted by Crippen LogP contribution is -2.48. The van der Waals surface area contributed by atoms with Crippen LogP contribution >= 0.6 is 0 Å². The van der Waals surface area contributed by atoms with E-state index in [9.17, 15) is 19.5 Å². The molecule has 0 saturated carbocycles. The van der Waals surface area contributed by atoms with Crippen molar-refractivity contribution in [2.75, 3.05) is 0 Å². The molecule has 4 unspecified atom stereocenters. The Hall–Kier alpha value is -2.79. The van der Waals surface area contributed by atoms with Crippen molar-refractivity contribution >= 4 is 18.0 Å². The average molecular weight is 493 g/mol. The molecule has 1 heterocycles. The number of esters is 1. The molecule has 1 fully saturated rings. The largest absolute Gasteiger partial charge is 0.461 e. The second-order valence-electron chi connectivity index (χ2n) is 10.6. The van der Waals surface area contributed by atoms with Gasteiger partial charge in [-0.15, -0.1) is 0 Å². The fourth-order valence-electron chi connectivity index (χ4n) is 5.39. The number of Topliss-reactive ketones (excluding diaryl/α,β-unsaturated/α-hetero) is 1.